The van der Waals surface area contributed by atoms with Gasteiger partial charge in [0.2, 0.25) is 0 Å². The second-order valence-electron chi connectivity index (χ2n) is 5.35. The molecule has 1 aromatic carbocycles. The third kappa shape index (κ3) is 2.96. The molecule has 0 aliphatic heterocycles. The number of imidazole rings is 1. The van der Waals surface area contributed by atoms with E-state index in [0.29, 0.717) is 10.3 Å². The fraction of sp³-hybridized carbons (Fsp3) is 0.250. The van der Waals surface area contributed by atoms with Crippen LogP contribution in [0.1, 0.15) is 25.7 Å². The Kier molecular flexibility index (Phi) is 4.48. The highest BCUT2D eigenvalue weighted by atomic mass is 79.9. The molecule has 124 valence electrons. The van der Waals surface area contributed by atoms with E-state index >= 15 is 0 Å². The molecule has 8 heteroatoms. The van der Waals surface area contributed by atoms with Gasteiger partial charge in [0.15, 0.2) is 0 Å². The Labute approximate surface area is 147 Å². The zero-order valence-electron chi connectivity index (χ0n) is 13.2. The van der Waals surface area contributed by atoms with Gasteiger partial charge in [-0.15, -0.1) is 0 Å². The highest BCUT2D eigenvalue weighted by Crippen LogP contribution is 2.28. The predicted octanol–water partition coefficient (Wildman–Crippen LogP) is 4.30. The number of halogens is 1. The molecule has 0 radical (unpaired) electrons. The summed E-state index contributed by atoms with van der Waals surface area (Å²) < 4.78 is 2.69. The SMILES string of the molecule is CCn1c(C(C)Nc2ncc([N+](=O)[O-])cc2Br)nc2ccccc21. The van der Waals surface area contributed by atoms with E-state index in [4.69, 9.17) is 4.98 Å². The number of hydrogen-bond acceptors (Lipinski definition) is 5. The van der Waals surface area contributed by atoms with Crippen LogP contribution < -0.4 is 5.32 Å². The standard InChI is InChI=1S/C16H16BrN5O2/c1-3-21-14-7-5-4-6-13(14)20-16(21)10(2)19-15-12(17)8-11(9-18-15)22(23)24/h4-10H,3H2,1-2H3,(H,18,19). The summed E-state index contributed by atoms with van der Waals surface area (Å²) in [5.74, 6) is 1.44. The Hall–Kier alpha value is -2.48. The molecule has 0 bridgehead atoms. The molecule has 3 aromatic rings. The van der Waals surface area contributed by atoms with Crippen molar-refractivity contribution in [2.75, 3.05) is 5.32 Å². The molecular weight excluding hydrogens is 374 g/mol. The molecule has 1 unspecified atom stereocenters. The molecule has 0 aliphatic rings. The molecule has 1 N–H and O–H groups in total. The number of nitrogens with zero attached hydrogens (tertiary/aromatic N) is 4. The van der Waals surface area contributed by atoms with Gasteiger partial charge in [-0.3, -0.25) is 10.1 Å². The third-order valence-electron chi connectivity index (χ3n) is 3.78. The van der Waals surface area contributed by atoms with Crippen LogP contribution in [0.2, 0.25) is 0 Å². The fourth-order valence-electron chi connectivity index (χ4n) is 2.66. The van der Waals surface area contributed by atoms with Gasteiger partial charge in [0.25, 0.3) is 5.69 Å². The molecule has 0 saturated carbocycles. The largest absolute Gasteiger partial charge is 0.359 e. The summed E-state index contributed by atoms with van der Waals surface area (Å²) in [4.78, 5) is 19.2. The average Bonchev–Trinajstić information content (AvgIpc) is 2.95. The van der Waals surface area contributed by atoms with Gasteiger partial charge in [-0.2, -0.15) is 0 Å². The second-order valence-corrected chi connectivity index (χ2v) is 6.20. The molecule has 0 amide bonds. The van der Waals surface area contributed by atoms with Crippen LogP contribution in [-0.2, 0) is 6.54 Å². The number of rotatable bonds is 5. The van der Waals surface area contributed by atoms with Crippen molar-refractivity contribution < 1.29 is 4.92 Å². The zero-order valence-corrected chi connectivity index (χ0v) is 14.8. The lowest BCUT2D eigenvalue weighted by atomic mass is 10.3. The minimum absolute atomic E-state index is 0.0547. The van der Waals surface area contributed by atoms with E-state index < -0.39 is 4.92 Å². The van der Waals surface area contributed by atoms with E-state index in [1.807, 2.05) is 31.2 Å². The first-order valence-corrected chi connectivity index (χ1v) is 8.32. The van der Waals surface area contributed by atoms with E-state index in [1.54, 1.807) is 0 Å². The van der Waals surface area contributed by atoms with E-state index in [9.17, 15) is 10.1 Å². The van der Waals surface area contributed by atoms with Gasteiger partial charge in [0.05, 0.1) is 26.5 Å². The van der Waals surface area contributed by atoms with Crippen molar-refractivity contribution in [2.45, 2.75) is 26.4 Å². The Morgan fingerprint density at radius 3 is 2.83 bits per heavy atom. The van der Waals surface area contributed by atoms with Gasteiger partial charge < -0.3 is 9.88 Å². The smallest absolute Gasteiger partial charge is 0.288 e. The van der Waals surface area contributed by atoms with Crippen molar-refractivity contribution in [3.05, 3.63) is 56.9 Å². The van der Waals surface area contributed by atoms with E-state index in [2.05, 4.69) is 37.7 Å². The van der Waals surface area contributed by atoms with E-state index in [1.165, 1.54) is 12.3 Å². The number of anilines is 1. The van der Waals surface area contributed by atoms with Crippen LogP contribution in [0.25, 0.3) is 11.0 Å². The number of nitrogens with one attached hydrogen (secondary N) is 1. The monoisotopic (exact) mass is 389 g/mol. The van der Waals surface area contributed by atoms with Crippen LogP contribution in [0.3, 0.4) is 0 Å². The number of fused-ring (bicyclic) bond motifs is 1. The van der Waals surface area contributed by atoms with Crippen molar-refractivity contribution in [1.29, 1.82) is 0 Å². The topological polar surface area (TPSA) is 85.9 Å². The summed E-state index contributed by atoms with van der Waals surface area (Å²) in [7, 11) is 0. The number of aryl methyl sites for hydroxylation is 1. The first-order valence-electron chi connectivity index (χ1n) is 7.53. The molecule has 2 aromatic heterocycles. The van der Waals surface area contributed by atoms with Crippen LogP contribution in [0.15, 0.2) is 41.0 Å². The Morgan fingerprint density at radius 2 is 2.17 bits per heavy atom. The molecule has 0 fully saturated rings. The van der Waals surface area contributed by atoms with Crippen molar-refractivity contribution in [3.63, 3.8) is 0 Å². The van der Waals surface area contributed by atoms with Crippen molar-refractivity contribution in [2.24, 2.45) is 0 Å². The Balaban J connectivity index is 1.93. The summed E-state index contributed by atoms with van der Waals surface area (Å²) in [5.41, 5.74) is 1.97. The normalized spacial score (nSPS) is 12.3. The lowest BCUT2D eigenvalue weighted by Crippen LogP contribution is -2.14. The number of aromatic nitrogens is 3. The van der Waals surface area contributed by atoms with Gasteiger partial charge in [-0.05, 0) is 41.9 Å². The van der Waals surface area contributed by atoms with E-state index in [-0.39, 0.29) is 11.7 Å². The average molecular weight is 390 g/mol. The molecule has 7 nitrogen and oxygen atoms in total. The van der Waals surface area contributed by atoms with Gasteiger partial charge in [-0.25, -0.2) is 9.97 Å². The Bertz CT molecular complexity index is 909. The summed E-state index contributed by atoms with van der Waals surface area (Å²) in [6.07, 6.45) is 1.24. The quantitative estimate of drug-likeness (QED) is 0.519. The maximum atomic E-state index is 10.8. The molecule has 3 rings (SSSR count). The third-order valence-corrected chi connectivity index (χ3v) is 4.38. The Morgan fingerprint density at radius 1 is 1.42 bits per heavy atom. The minimum atomic E-state index is -0.471. The molecule has 24 heavy (non-hydrogen) atoms. The zero-order chi connectivity index (χ0) is 17.3. The first kappa shape index (κ1) is 16.4. The second kappa shape index (κ2) is 6.56. The molecule has 0 saturated heterocycles. The molecule has 2 heterocycles. The van der Waals surface area contributed by atoms with Crippen LogP contribution in [-0.4, -0.2) is 19.5 Å². The summed E-state index contributed by atoms with van der Waals surface area (Å²) in [5, 5.41) is 14.1. The van der Waals surface area contributed by atoms with Gasteiger partial charge >= 0.3 is 0 Å². The molecule has 0 aliphatic carbocycles. The summed E-state index contributed by atoms with van der Waals surface area (Å²) in [6.45, 7) is 4.87. The van der Waals surface area contributed by atoms with Crippen LogP contribution >= 0.6 is 15.9 Å². The van der Waals surface area contributed by atoms with Crippen LogP contribution in [0.5, 0.6) is 0 Å². The predicted molar refractivity (Wildman–Crippen MR) is 96.0 cm³/mol. The highest BCUT2D eigenvalue weighted by molar-refractivity contribution is 9.10. The highest BCUT2D eigenvalue weighted by Gasteiger charge is 2.18. The maximum Gasteiger partial charge on any atom is 0.288 e. The lowest BCUT2D eigenvalue weighted by molar-refractivity contribution is -0.385. The molecule has 0 spiro atoms. The number of nitro groups is 1. The van der Waals surface area contributed by atoms with Crippen LogP contribution in [0.4, 0.5) is 11.5 Å². The number of hydrogen-bond donors (Lipinski definition) is 1. The summed E-state index contributed by atoms with van der Waals surface area (Å²) in [6, 6.07) is 9.31. The number of benzene rings is 1. The van der Waals surface area contributed by atoms with E-state index in [0.717, 1.165) is 23.4 Å². The van der Waals surface area contributed by atoms with Crippen LogP contribution in [0, 0.1) is 10.1 Å². The summed E-state index contributed by atoms with van der Waals surface area (Å²) >= 11 is 3.33. The first-order chi connectivity index (χ1) is 11.5. The van der Waals surface area contributed by atoms with Gasteiger partial charge in [0, 0.05) is 12.6 Å². The molecular formula is C16H16BrN5O2. The van der Waals surface area contributed by atoms with Crippen molar-refractivity contribution in [1.82, 2.24) is 14.5 Å². The minimum Gasteiger partial charge on any atom is -0.359 e. The lowest BCUT2D eigenvalue weighted by Gasteiger charge is -2.16. The van der Waals surface area contributed by atoms with Crippen molar-refractivity contribution in [3.8, 4) is 0 Å². The number of pyridine rings is 1. The fourth-order valence-corrected chi connectivity index (χ4v) is 3.11. The molecule has 1 atom stereocenters. The van der Waals surface area contributed by atoms with Gasteiger partial charge in [-0.1, -0.05) is 12.1 Å². The number of para-hydroxylation sites is 2. The maximum absolute atomic E-state index is 10.8. The van der Waals surface area contributed by atoms with Gasteiger partial charge in [0.1, 0.15) is 17.8 Å². The van der Waals surface area contributed by atoms with Crippen molar-refractivity contribution >= 4 is 38.5 Å².